The van der Waals surface area contributed by atoms with Gasteiger partial charge in [-0.05, 0) is 25.7 Å². The van der Waals surface area contributed by atoms with Crippen molar-refractivity contribution in [2.24, 2.45) is 0 Å². The van der Waals surface area contributed by atoms with Gasteiger partial charge in [-0.15, -0.1) is 0 Å². The zero-order valence-corrected chi connectivity index (χ0v) is 16.3. The number of unbranched alkanes of at least 4 members (excludes halogenated alkanes) is 8. The van der Waals surface area contributed by atoms with Gasteiger partial charge in [0.05, 0.1) is 13.2 Å². The van der Waals surface area contributed by atoms with E-state index >= 15 is 0 Å². The molecule has 0 saturated heterocycles. The second-order valence-corrected chi connectivity index (χ2v) is 6.38. The normalized spacial score (nSPS) is 11.0. The highest BCUT2D eigenvalue weighted by Gasteiger charge is 2.08. The van der Waals surface area contributed by atoms with Crippen molar-refractivity contribution >= 4 is 5.91 Å². The van der Waals surface area contributed by atoms with E-state index in [0.717, 1.165) is 45.4 Å². The molecule has 0 rings (SSSR count). The van der Waals surface area contributed by atoms with E-state index < -0.39 is 0 Å². The zero-order valence-electron chi connectivity index (χ0n) is 16.3. The van der Waals surface area contributed by atoms with Crippen LogP contribution in [-0.2, 0) is 14.5 Å². The predicted molar refractivity (Wildman–Crippen MR) is 99.4 cm³/mol. The van der Waals surface area contributed by atoms with Crippen LogP contribution < -0.4 is 5.48 Å². The van der Waals surface area contributed by atoms with Gasteiger partial charge in [-0.2, -0.15) is 0 Å². The van der Waals surface area contributed by atoms with E-state index in [0.29, 0.717) is 6.61 Å². The number of nitrogens with one attached hydrogen (secondary N) is 1. The summed E-state index contributed by atoms with van der Waals surface area (Å²) in [5.41, 5.74) is 3.02. The van der Waals surface area contributed by atoms with Crippen molar-refractivity contribution in [3.8, 4) is 0 Å². The molecule has 0 radical (unpaired) electrons. The van der Waals surface area contributed by atoms with Crippen LogP contribution in [0, 0.1) is 0 Å². The Bertz CT molecular complexity index is 275. The molecule has 0 aliphatic heterocycles. The number of carbonyl (C=O) groups excluding carboxylic acids is 1. The molecule has 0 bridgehead atoms. The second kappa shape index (κ2) is 18.7. The summed E-state index contributed by atoms with van der Waals surface area (Å²) in [4.78, 5) is 22.3. The van der Waals surface area contributed by atoms with Crippen LogP contribution in [0.5, 0.6) is 0 Å². The molecule has 1 amide bonds. The Kier molecular flexibility index (Phi) is 18.2. The molecule has 144 valence electrons. The van der Waals surface area contributed by atoms with Crippen LogP contribution in [0.4, 0.5) is 0 Å². The summed E-state index contributed by atoms with van der Waals surface area (Å²) >= 11 is 0. The van der Waals surface area contributed by atoms with Gasteiger partial charge in [0.1, 0.15) is 0 Å². The highest BCUT2D eigenvalue weighted by molar-refractivity contribution is 5.71. The third kappa shape index (κ3) is 16.2. The van der Waals surface area contributed by atoms with Crippen LogP contribution in [0.3, 0.4) is 0 Å². The number of hydroxylamine groups is 3. The van der Waals surface area contributed by atoms with E-state index in [1.165, 1.54) is 50.0 Å². The Morgan fingerprint density at radius 1 is 0.833 bits per heavy atom. The van der Waals surface area contributed by atoms with Crippen molar-refractivity contribution in [3.63, 3.8) is 0 Å². The van der Waals surface area contributed by atoms with Crippen molar-refractivity contribution in [3.05, 3.63) is 0 Å². The van der Waals surface area contributed by atoms with Gasteiger partial charge in [-0.25, -0.2) is 10.5 Å². The van der Waals surface area contributed by atoms with E-state index in [1.54, 1.807) is 6.92 Å². The topological polar surface area (TPSA) is 50.8 Å². The number of hydrogen-bond acceptors (Lipinski definition) is 4. The van der Waals surface area contributed by atoms with Gasteiger partial charge >= 0.3 is 0 Å². The number of carbonyl (C=O) groups is 1. The van der Waals surface area contributed by atoms with E-state index in [4.69, 9.17) is 9.68 Å². The molecule has 24 heavy (non-hydrogen) atoms. The highest BCUT2D eigenvalue weighted by Crippen LogP contribution is 2.08. The maximum Gasteiger partial charge on any atom is 0.242 e. The number of hydrogen-bond donors (Lipinski definition) is 1. The van der Waals surface area contributed by atoms with Gasteiger partial charge in [0.2, 0.25) is 5.91 Å². The molecule has 0 aromatic carbocycles. The molecule has 0 atom stereocenters. The molecule has 0 spiro atoms. The fourth-order valence-corrected chi connectivity index (χ4v) is 2.33. The van der Waals surface area contributed by atoms with Gasteiger partial charge in [0, 0.05) is 20.0 Å². The summed E-state index contributed by atoms with van der Waals surface area (Å²) in [5.74, 6) is 0.0137. The van der Waals surface area contributed by atoms with Crippen LogP contribution in [0.25, 0.3) is 0 Å². The number of nitrogens with zero attached hydrogens (tertiary/aromatic N) is 1. The van der Waals surface area contributed by atoms with Gasteiger partial charge < -0.3 is 4.84 Å². The fraction of sp³-hybridized carbons (Fsp3) is 0.947. The first-order valence-electron chi connectivity index (χ1n) is 9.98. The molecule has 0 aromatic heterocycles. The van der Waals surface area contributed by atoms with Crippen molar-refractivity contribution < 1.29 is 14.5 Å². The van der Waals surface area contributed by atoms with Gasteiger partial charge in [-0.3, -0.25) is 9.63 Å². The lowest BCUT2D eigenvalue weighted by atomic mass is 10.1. The summed E-state index contributed by atoms with van der Waals surface area (Å²) in [6, 6.07) is 0. The van der Waals surface area contributed by atoms with Gasteiger partial charge in [0.15, 0.2) is 0 Å². The minimum Gasteiger partial charge on any atom is -0.302 e. The fourth-order valence-electron chi connectivity index (χ4n) is 2.33. The SMILES string of the molecule is CCCCONCCCCCCCCCN(OCCCC)C(C)=O. The molecule has 5 nitrogen and oxygen atoms in total. The smallest absolute Gasteiger partial charge is 0.242 e. The molecule has 1 N–H and O–H groups in total. The Morgan fingerprint density at radius 2 is 1.42 bits per heavy atom. The molecule has 0 heterocycles. The van der Waals surface area contributed by atoms with Crippen LogP contribution in [0.1, 0.15) is 91.4 Å². The third-order valence-electron chi connectivity index (χ3n) is 3.94. The van der Waals surface area contributed by atoms with Crippen molar-refractivity contribution in [1.29, 1.82) is 0 Å². The van der Waals surface area contributed by atoms with Gasteiger partial charge in [-0.1, -0.05) is 58.8 Å². The lowest BCUT2D eigenvalue weighted by molar-refractivity contribution is -0.185. The minimum atomic E-state index is 0.0137. The summed E-state index contributed by atoms with van der Waals surface area (Å²) in [7, 11) is 0. The lowest BCUT2D eigenvalue weighted by Gasteiger charge is -2.20. The van der Waals surface area contributed by atoms with Gasteiger partial charge in [0.25, 0.3) is 0 Å². The van der Waals surface area contributed by atoms with E-state index in [-0.39, 0.29) is 5.91 Å². The summed E-state index contributed by atoms with van der Waals surface area (Å²) in [5, 5.41) is 1.53. The minimum absolute atomic E-state index is 0.0137. The molecule has 0 aliphatic carbocycles. The third-order valence-corrected chi connectivity index (χ3v) is 3.94. The lowest BCUT2D eigenvalue weighted by Crippen LogP contribution is -2.30. The Labute approximate surface area is 149 Å². The predicted octanol–water partition coefficient (Wildman–Crippen LogP) is 4.62. The summed E-state index contributed by atoms with van der Waals surface area (Å²) in [6.45, 7) is 9.00. The Morgan fingerprint density at radius 3 is 2.04 bits per heavy atom. The second-order valence-electron chi connectivity index (χ2n) is 6.38. The highest BCUT2D eigenvalue weighted by atomic mass is 16.7. The number of rotatable bonds is 18. The van der Waals surface area contributed by atoms with Crippen molar-refractivity contribution in [1.82, 2.24) is 10.5 Å². The molecular weight excluding hydrogens is 304 g/mol. The molecule has 0 aromatic rings. The van der Waals surface area contributed by atoms with Crippen LogP contribution in [0.2, 0.25) is 0 Å². The van der Waals surface area contributed by atoms with Crippen LogP contribution in [-0.4, -0.2) is 37.3 Å². The average Bonchev–Trinajstić information content (AvgIpc) is 2.57. The monoisotopic (exact) mass is 344 g/mol. The maximum atomic E-state index is 11.5. The largest absolute Gasteiger partial charge is 0.302 e. The first-order valence-corrected chi connectivity index (χ1v) is 9.98. The van der Waals surface area contributed by atoms with Crippen LogP contribution >= 0.6 is 0 Å². The zero-order chi connectivity index (χ0) is 17.9. The first kappa shape index (κ1) is 23.4. The van der Waals surface area contributed by atoms with E-state index in [1.807, 2.05) is 0 Å². The maximum absolute atomic E-state index is 11.5. The summed E-state index contributed by atoms with van der Waals surface area (Å²) in [6.07, 6.45) is 12.8. The van der Waals surface area contributed by atoms with Crippen molar-refractivity contribution in [2.45, 2.75) is 91.4 Å². The van der Waals surface area contributed by atoms with E-state index in [9.17, 15) is 4.79 Å². The number of amides is 1. The summed E-state index contributed by atoms with van der Waals surface area (Å²) < 4.78 is 0. The van der Waals surface area contributed by atoms with Crippen LogP contribution in [0.15, 0.2) is 0 Å². The van der Waals surface area contributed by atoms with E-state index in [2.05, 4.69) is 19.3 Å². The molecule has 5 heteroatoms. The quantitative estimate of drug-likeness (QED) is 0.291. The molecule has 0 aliphatic rings. The Balaban J connectivity index is 3.32. The Hall–Kier alpha value is -0.650. The van der Waals surface area contributed by atoms with Crippen molar-refractivity contribution in [2.75, 3.05) is 26.3 Å². The molecular formula is C19H40N2O3. The molecule has 0 unspecified atom stereocenters. The molecule has 0 saturated carbocycles. The molecule has 0 fully saturated rings. The average molecular weight is 345 g/mol. The standard InChI is InChI=1S/C19H40N2O3/c1-4-6-17-23-20-15-13-11-9-8-10-12-14-16-21(19(3)22)24-18-7-5-2/h20H,4-18H2,1-3H3. The first-order chi connectivity index (χ1) is 11.7.